The van der Waals surface area contributed by atoms with Crippen molar-refractivity contribution in [1.29, 1.82) is 0 Å². The van der Waals surface area contributed by atoms with Crippen LogP contribution in [0, 0.1) is 0 Å². The Morgan fingerprint density at radius 3 is 2.20 bits per heavy atom. The summed E-state index contributed by atoms with van der Waals surface area (Å²) < 4.78 is 38.0. The molecule has 0 amide bonds. The first-order valence-corrected chi connectivity index (χ1v) is 18.1. The van der Waals surface area contributed by atoms with Crippen molar-refractivity contribution >= 4 is 18.7 Å². The van der Waals surface area contributed by atoms with Crippen LogP contribution < -0.4 is 15.4 Å². The Morgan fingerprint density at radius 2 is 1.56 bits per heavy atom. The molecule has 3 rings (SSSR count). The summed E-state index contributed by atoms with van der Waals surface area (Å²) in [6.07, 6.45) is 17.0. The number of quaternary nitrogens is 1. The molecule has 12 heteroatoms. The largest absolute Gasteiger partial charge is 0.497 e. The standard InChI is InChI=1S/C33H55N5O6P/c1-6-7-8-9-10-11-12-13-14-15-16-17-23-42-45(40,34-21-22-38(2,3)4)43-24-20-29-27-37(36-35-29)31-25-28-18-19-30(41-5)26-32(28)44-33(31)39/h18-19,25-27H,6-17,20-24H2,1-5H3,(H,34,40)/q+1. The SMILES string of the molecule is CCCCCCCCCCCCCCOP(=O)(NCC[N+](C)(C)C)OCCc1cn(-c2cc3ccc(OC)cc3oc2=O)nn1. The predicted molar refractivity (Wildman–Crippen MR) is 179 cm³/mol. The van der Waals surface area contributed by atoms with Crippen molar-refractivity contribution in [2.45, 2.75) is 90.4 Å². The van der Waals surface area contributed by atoms with Crippen molar-refractivity contribution in [3.63, 3.8) is 0 Å². The summed E-state index contributed by atoms with van der Waals surface area (Å²) in [5, 5.41) is 12.0. The number of unbranched alkanes of at least 4 members (excludes halogenated alkanes) is 11. The van der Waals surface area contributed by atoms with Crippen LogP contribution in [-0.2, 0) is 20.0 Å². The van der Waals surface area contributed by atoms with Crippen LogP contribution >= 0.6 is 7.75 Å². The molecule has 1 unspecified atom stereocenters. The van der Waals surface area contributed by atoms with Crippen molar-refractivity contribution < 1.29 is 27.2 Å². The Bertz CT molecular complexity index is 1390. The zero-order valence-electron chi connectivity index (χ0n) is 28.1. The van der Waals surface area contributed by atoms with Crippen molar-refractivity contribution in [2.75, 3.05) is 54.6 Å². The quantitative estimate of drug-likeness (QED) is 0.0471. The Labute approximate surface area is 268 Å². The topological polar surface area (TPSA) is 118 Å². The second kappa shape index (κ2) is 19.2. The maximum atomic E-state index is 13.6. The number of fused-ring (bicyclic) bond motifs is 1. The highest BCUT2D eigenvalue weighted by atomic mass is 31.2. The van der Waals surface area contributed by atoms with E-state index in [4.69, 9.17) is 18.2 Å². The lowest BCUT2D eigenvalue weighted by Gasteiger charge is -2.25. The molecule has 1 N–H and O–H groups in total. The summed E-state index contributed by atoms with van der Waals surface area (Å²) in [6.45, 7) is 4.03. The summed E-state index contributed by atoms with van der Waals surface area (Å²) >= 11 is 0. The van der Waals surface area contributed by atoms with Crippen LogP contribution in [0.1, 0.15) is 89.7 Å². The van der Waals surface area contributed by atoms with E-state index in [2.05, 4.69) is 43.5 Å². The van der Waals surface area contributed by atoms with Crippen LogP contribution in [0.3, 0.4) is 0 Å². The van der Waals surface area contributed by atoms with Gasteiger partial charge in [-0.2, -0.15) is 0 Å². The summed E-state index contributed by atoms with van der Waals surface area (Å²) in [7, 11) is 4.29. The Morgan fingerprint density at radius 1 is 0.911 bits per heavy atom. The minimum atomic E-state index is -3.51. The first kappa shape index (κ1) is 36.9. The van der Waals surface area contributed by atoms with E-state index in [1.54, 1.807) is 31.5 Å². The van der Waals surface area contributed by atoms with Crippen LogP contribution in [-0.4, -0.2) is 74.0 Å². The lowest BCUT2D eigenvalue weighted by atomic mass is 10.1. The Kier molecular flexibility index (Phi) is 15.7. The van der Waals surface area contributed by atoms with Crippen molar-refractivity contribution in [3.8, 4) is 11.4 Å². The lowest BCUT2D eigenvalue weighted by Crippen LogP contribution is -2.40. The van der Waals surface area contributed by atoms with Gasteiger partial charge in [-0.1, -0.05) is 82.8 Å². The highest BCUT2D eigenvalue weighted by Crippen LogP contribution is 2.43. The molecule has 3 aromatic rings. The van der Waals surface area contributed by atoms with Gasteiger partial charge in [-0.15, -0.1) is 5.10 Å². The van der Waals surface area contributed by atoms with Gasteiger partial charge < -0.3 is 13.6 Å². The predicted octanol–water partition coefficient (Wildman–Crippen LogP) is 7.06. The van der Waals surface area contributed by atoms with E-state index in [1.165, 1.54) is 68.9 Å². The number of ether oxygens (including phenoxy) is 1. The van der Waals surface area contributed by atoms with E-state index in [1.807, 2.05) is 6.07 Å². The van der Waals surface area contributed by atoms with E-state index >= 15 is 0 Å². The monoisotopic (exact) mass is 648 g/mol. The van der Waals surface area contributed by atoms with E-state index in [9.17, 15) is 9.36 Å². The number of nitrogens with one attached hydrogen (secondary N) is 1. The molecule has 1 aromatic carbocycles. The molecular formula is C33H55N5O6P+. The summed E-state index contributed by atoms with van der Waals surface area (Å²) in [5.74, 6) is 0.601. The minimum absolute atomic E-state index is 0.123. The van der Waals surface area contributed by atoms with E-state index in [0.29, 0.717) is 36.6 Å². The fourth-order valence-electron chi connectivity index (χ4n) is 4.95. The van der Waals surface area contributed by atoms with Gasteiger partial charge in [0, 0.05) is 17.9 Å². The molecule has 11 nitrogen and oxygen atoms in total. The number of hydrogen-bond donors (Lipinski definition) is 1. The minimum Gasteiger partial charge on any atom is -0.497 e. The fraction of sp³-hybridized carbons (Fsp3) is 0.667. The van der Waals surface area contributed by atoms with Gasteiger partial charge in [0.05, 0.1) is 66.4 Å². The van der Waals surface area contributed by atoms with Crippen LogP contribution in [0.5, 0.6) is 5.75 Å². The van der Waals surface area contributed by atoms with Crippen LogP contribution in [0.25, 0.3) is 16.7 Å². The van der Waals surface area contributed by atoms with E-state index in [0.717, 1.165) is 29.3 Å². The molecule has 0 fully saturated rings. The lowest BCUT2D eigenvalue weighted by molar-refractivity contribution is -0.869. The molecule has 0 aliphatic heterocycles. The van der Waals surface area contributed by atoms with Gasteiger partial charge in [-0.3, -0.25) is 9.05 Å². The third-order valence-electron chi connectivity index (χ3n) is 7.68. The second-order valence-electron chi connectivity index (χ2n) is 12.7. The van der Waals surface area contributed by atoms with Gasteiger partial charge in [-0.05, 0) is 24.6 Å². The summed E-state index contributed by atoms with van der Waals surface area (Å²) in [5.41, 5.74) is 0.711. The second-order valence-corrected chi connectivity index (χ2v) is 14.5. The molecule has 0 saturated carbocycles. The summed E-state index contributed by atoms with van der Waals surface area (Å²) in [4.78, 5) is 12.6. The summed E-state index contributed by atoms with van der Waals surface area (Å²) in [6, 6.07) is 6.97. The maximum absolute atomic E-state index is 13.6. The molecule has 2 heterocycles. The Hall–Kier alpha value is -2.56. The number of hydrogen-bond acceptors (Lipinski definition) is 8. The maximum Gasteiger partial charge on any atom is 0.405 e. The number of benzene rings is 1. The molecule has 45 heavy (non-hydrogen) atoms. The number of nitrogens with zero attached hydrogens (tertiary/aromatic N) is 4. The molecule has 0 aliphatic rings. The van der Waals surface area contributed by atoms with E-state index in [-0.39, 0.29) is 12.3 Å². The van der Waals surface area contributed by atoms with Gasteiger partial charge >= 0.3 is 13.4 Å². The molecule has 2 aromatic heterocycles. The average Bonchev–Trinajstić information content (AvgIpc) is 3.46. The molecule has 1 atom stereocenters. The van der Waals surface area contributed by atoms with Crippen molar-refractivity contribution in [1.82, 2.24) is 20.1 Å². The van der Waals surface area contributed by atoms with Crippen molar-refractivity contribution in [3.05, 3.63) is 46.6 Å². The molecule has 0 bridgehead atoms. The zero-order valence-corrected chi connectivity index (χ0v) is 29.0. The third kappa shape index (κ3) is 13.8. The fourth-order valence-corrected chi connectivity index (χ4v) is 6.28. The van der Waals surface area contributed by atoms with Gasteiger partial charge in [-0.25, -0.2) is 19.1 Å². The molecule has 0 radical (unpaired) electrons. The van der Waals surface area contributed by atoms with Gasteiger partial charge in [0.2, 0.25) is 0 Å². The van der Waals surface area contributed by atoms with E-state index < -0.39 is 13.4 Å². The number of likely N-dealkylation sites (N-methyl/N-ethyl adjacent to an activating group) is 1. The first-order valence-electron chi connectivity index (χ1n) is 16.6. The molecule has 0 saturated heterocycles. The highest BCUT2D eigenvalue weighted by Gasteiger charge is 2.25. The van der Waals surface area contributed by atoms with Gasteiger partial charge in [0.15, 0.2) is 5.69 Å². The smallest absolute Gasteiger partial charge is 0.405 e. The van der Waals surface area contributed by atoms with Crippen LogP contribution in [0.2, 0.25) is 0 Å². The normalized spacial score (nSPS) is 13.4. The van der Waals surface area contributed by atoms with Crippen LogP contribution in [0.15, 0.2) is 39.7 Å². The first-order chi connectivity index (χ1) is 21.6. The number of aromatic nitrogens is 3. The third-order valence-corrected chi connectivity index (χ3v) is 9.33. The molecule has 0 aliphatic carbocycles. The molecule has 252 valence electrons. The van der Waals surface area contributed by atoms with Crippen LogP contribution in [0.4, 0.5) is 0 Å². The number of rotatable bonds is 24. The molecule has 0 spiro atoms. The number of methoxy groups -OCH3 is 1. The van der Waals surface area contributed by atoms with Gasteiger partial charge in [0.25, 0.3) is 0 Å². The Balaban J connectivity index is 1.45. The average molecular weight is 649 g/mol. The zero-order chi connectivity index (χ0) is 32.5. The van der Waals surface area contributed by atoms with Gasteiger partial charge in [0.1, 0.15) is 11.3 Å². The highest BCUT2D eigenvalue weighted by molar-refractivity contribution is 7.51. The van der Waals surface area contributed by atoms with Crippen molar-refractivity contribution in [2.24, 2.45) is 0 Å². The molecular weight excluding hydrogens is 593 g/mol.